The highest BCUT2D eigenvalue weighted by molar-refractivity contribution is 6.00. The Bertz CT molecular complexity index is 1100. The third-order valence-electron chi connectivity index (χ3n) is 5.30. The number of aromatic nitrogens is 4. The van der Waals surface area contributed by atoms with Crippen molar-refractivity contribution in [3.8, 4) is 17.2 Å². The molecule has 1 atom stereocenters. The van der Waals surface area contributed by atoms with Gasteiger partial charge < -0.3 is 19.7 Å². The maximum Gasteiger partial charge on any atom is 0.227 e. The molecule has 2 amide bonds. The van der Waals surface area contributed by atoms with E-state index >= 15 is 0 Å². The number of anilines is 1. The first-order valence-electron chi connectivity index (χ1n) is 10.9. The van der Waals surface area contributed by atoms with Crippen LogP contribution < -0.4 is 19.7 Å². The Morgan fingerprint density at radius 3 is 2.21 bits per heavy atom. The zero-order chi connectivity index (χ0) is 23.2. The average Bonchev–Trinajstić information content (AvgIpc) is 3.46. The van der Waals surface area contributed by atoms with Crippen molar-refractivity contribution in [3.05, 3.63) is 54.4 Å². The third-order valence-corrected chi connectivity index (χ3v) is 5.30. The van der Waals surface area contributed by atoms with E-state index in [4.69, 9.17) is 9.47 Å². The highest BCUT2D eigenvalue weighted by Crippen LogP contribution is 2.27. The molecule has 1 aliphatic rings. The summed E-state index contributed by atoms with van der Waals surface area (Å²) >= 11 is 0. The Labute approximate surface area is 191 Å². The van der Waals surface area contributed by atoms with Crippen molar-refractivity contribution in [2.45, 2.75) is 26.8 Å². The normalized spacial score (nSPS) is 15.5. The molecule has 33 heavy (non-hydrogen) atoms. The predicted molar refractivity (Wildman–Crippen MR) is 120 cm³/mol. The molecule has 0 aliphatic carbocycles. The Kier molecular flexibility index (Phi) is 6.82. The Balaban J connectivity index is 1.36. The summed E-state index contributed by atoms with van der Waals surface area (Å²) in [7, 11) is 0. The summed E-state index contributed by atoms with van der Waals surface area (Å²) < 4.78 is 12.5. The summed E-state index contributed by atoms with van der Waals surface area (Å²) in [6.07, 6.45) is 0.156. The summed E-state index contributed by atoms with van der Waals surface area (Å²) in [6, 6.07) is 14.7. The van der Waals surface area contributed by atoms with Crippen LogP contribution in [0.2, 0.25) is 0 Å². The number of ether oxygens (including phenoxy) is 2. The van der Waals surface area contributed by atoms with Crippen LogP contribution in [0.3, 0.4) is 0 Å². The first kappa shape index (κ1) is 22.3. The van der Waals surface area contributed by atoms with Crippen LogP contribution in [-0.4, -0.2) is 51.8 Å². The van der Waals surface area contributed by atoms with Crippen molar-refractivity contribution in [1.29, 1.82) is 0 Å². The Hall–Kier alpha value is -3.95. The molecule has 1 fully saturated rings. The summed E-state index contributed by atoms with van der Waals surface area (Å²) in [5.41, 5.74) is 1.50. The van der Waals surface area contributed by atoms with Gasteiger partial charge in [-0.2, -0.15) is 4.68 Å². The number of nitrogens with one attached hydrogen (secondary N) is 1. The molecule has 3 aromatic rings. The monoisotopic (exact) mass is 450 g/mol. The third kappa shape index (κ3) is 5.11. The van der Waals surface area contributed by atoms with Crippen LogP contribution in [0.15, 0.2) is 48.5 Å². The molecule has 4 rings (SSSR count). The van der Waals surface area contributed by atoms with Gasteiger partial charge in [0.25, 0.3) is 0 Å². The minimum absolute atomic E-state index is 0.0847. The number of amides is 2. The molecule has 0 bridgehead atoms. The number of rotatable bonds is 9. The van der Waals surface area contributed by atoms with Crippen molar-refractivity contribution in [2.24, 2.45) is 5.92 Å². The molecule has 10 heteroatoms. The lowest BCUT2D eigenvalue weighted by molar-refractivity contribution is -0.126. The molecule has 10 nitrogen and oxygen atoms in total. The van der Waals surface area contributed by atoms with Crippen LogP contribution in [0.4, 0.5) is 5.69 Å². The van der Waals surface area contributed by atoms with Gasteiger partial charge in [-0.05, 0) is 72.8 Å². The largest absolute Gasteiger partial charge is 0.494 e. The van der Waals surface area contributed by atoms with E-state index in [1.807, 2.05) is 62.4 Å². The highest BCUT2D eigenvalue weighted by Gasteiger charge is 2.35. The number of tetrazole rings is 1. The van der Waals surface area contributed by atoms with Crippen molar-refractivity contribution >= 4 is 17.5 Å². The summed E-state index contributed by atoms with van der Waals surface area (Å²) in [5.74, 6) is 1.25. The van der Waals surface area contributed by atoms with Gasteiger partial charge in [0.2, 0.25) is 11.8 Å². The fourth-order valence-corrected chi connectivity index (χ4v) is 3.70. The molecule has 172 valence electrons. The van der Waals surface area contributed by atoms with Gasteiger partial charge in [0.15, 0.2) is 5.82 Å². The minimum atomic E-state index is -0.445. The van der Waals surface area contributed by atoms with Crippen LogP contribution in [-0.2, 0) is 16.1 Å². The summed E-state index contributed by atoms with van der Waals surface area (Å²) in [4.78, 5) is 26.9. The van der Waals surface area contributed by atoms with E-state index in [9.17, 15) is 9.59 Å². The molecule has 1 saturated heterocycles. The molecule has 0 spiro atoms. The quantitative estimate of drug-likeness (QED) is 0.532. The molecule has 1 aliphatic heterocycles. The number of benzene rings is 2. The first-order chi connectivity index (χ1) is 16.1. The van der Waals surface area contributed by atoms with Crippen LogP contribution in [0.25, 0.3) is 5.69 Å². The van der Waals surface area contributed by atoms with Crippen LogP contribution in [0.1, 0.15) is 26.1 Å². The van der Waals surface area contributed by atoms with Crippen molar-refractivity contribution in [1.82, 2.24) is 25.5 Å². The Morgan fingerprint density at radius 2 is 1.61 bits per heavy atom. The number of nitrogens with zero attached hydrogens (tertiary/aromatic N) is 5. The van der Waals surface area contributed by atoms with Gasteiger partial charge in [0.05, 0.1) is 31.4 Å². The van der Waals surface area contributed by atoms with E-state index < -0.39 is 5.92 Å². The second kappa shape index (κ2) is 10.1. The maximum atomic E-state index is 12.8. The lowest BCUT2D eigenvalue weighted by Gasteiger charge is -2.17. The predicted octanol–water partition coefficient (Wildman–Crippen LogP) is 2.13. The van der Waals surface area contributed by atoms with Crippen molar-refractivity contribution in [3.63, 3.8) is 0 Å². The van der Waals surface area contributed by atoms with E-state index in [1.165, 1.54) is 0 Å². The van der Waals surface area contributed by atoms with Crippen molar-refractivity contribution in [2.75, 3.05) is 24.7 Å². The molecule has 1 N–H and O–H groups in total. The second-order valence-corrected chi connectivity index (χ2v) is 7.48. The molecule has 1 unspecified atom stereocenters. The van der Waals surface area contributed by atoms with Crippen LogP contribution >= 0.6 is 0 Å². The maximum absolute atomic E-state index is 12.8. The molecule has 1 aromatic heterocycles. The lowest BCUT2D eigenvalue weighted by Crippen LogP contribution is -2.33. The zero-order valence-electron chi connectivity index (χ0n) is 18.6. The van der Waals surface area contributed by atoms with Crippen LogP contribution in [0, 0.1) is 5.92 Å². The first-order valence-corrected chi connectivity index (χ1v) is 10.9. The molecule has 2 aromatic carbocycles. The Morgan fingerprint density at radius 1 is 1.00 bits per heavy atom. The summed E-state index contributed by atoms with van der Waals surface area (Å²) in [6.45, 7) is 5.46. The average molecular weight is 450 g/mol. The van der Waals surface area contributed by atoms with Gasteiger partial charge in [0.1, 0.15) is 11.5 Å². The van der Waals surface area contributed by atoms with Crippen LogP contribution in [0.5, 0.6) is 11.5 Å². The fourth-order valence-electron chi connectivity index (χ4n) is 3.70. The lowest BCUT2D eigenvalue weighted by atomic mass is 10.1. The number of hydrogen-bond acceptors (Lipinski definition) is 7. The van der Waals surface area contributed by atoms with Gasteiger partial charge >= 0.3 is 0 Å². The van der Waals surface area contributed by atoms with Crippen molar-refractivity contribution < 1.29 is 19.1 Å². The molecular formula is C23H26N6O4. The molecular weight excluding hydrogens is 424 g/mol. The second-order valence-electron chi connectivity index (χ2n) is 7.48. The van der Waals surface area contributed by atoms with E-state index in [0.29, 0.717) is 25.6 Å². The SMILES string of the molecule is CCOc1ccc(N2CC(C(=O)NCc3nnnn3-c3ccc(OCC)cc3)CC2=O)cc1. The smallest absolute Gasteiger partial charge is 0.227 e. The van der Waals surface area contributed by atoms with Gasteiger partial charge in [-0.3, -0.25) is 9.59 Å². The molecule has 0 radical (unpaired) electrons. The minimum Gasteiger partial charge on any atom is -0.494 e. The topological polar surface area (TPSA) is 111 Å². The summed E-state index contributed by atoms with van der Waals surface area (Å²) in [5, 5.41) is 14.6. The zero-order valence-corrected chi connectivity index (χ0v) is 18.6. The van der Waals surface area contributed by atoms with Gasteiger partial charge in [-0.1, -0.05) is 0 Å². The number of hydrogen-bond donors (Lipinski definition) is 1. The van der Waals surface area contributed by atoms with E-state index in [2.05, 4.69) is 20.8 Å². The van der Waals surface area contributed by atoms with E-state index in [-0.39, 0.29) is 24.8 Å². The van der Waals surface area contributed by atoms with E-state index in [0.717, 1.165) is 22.9 Å². The molecule has 0 saturated carbocycles. The fraction of sp³-hybridized carbons (Fsp3) is 0.348. The van der Waals surface area contributed by atoms with Gasteiger partial charge in [-0.25, -0.2) is 0 Å². The highest BCUT2D eigenvalue weighted by atomic mass is 16.5. The molecule has 2 heterocycles. The van der Waals surface area contributed by atoms with Gasteiger partial charge in [0, 0.05) is 18.7 Å². The van der Waals surface area contributed by atoms with Gasteiger partial charge in [-0.15, -0.1) is 5.10 Å². The van der Waals surface area contributed by atoms with E-state index in [1.54, 1.807) is 9.58 Å². The number of carbonyl (C=O) groups excluding carboxylic acids is 2. The standard InChI is InChI=1S/C23H26N6O4/c1-3-32-19-9-5-17(6-10-19)28-15-16(13-22(28)30)23(31)24-14-21-25-26-27-29(21)18-7-11-20(12-8-18)33-4-2/h5-12,16H,3-4,13-15H2,1-2H3,(H,24,31). The number of carbonyl (C=O) groups is 2.